The molecule has 8 rings (SSSR count). The Morgan fingerprint density at radius 2 is 1.05 bits per heavy atom. The molecule has 8 saturated carbocycles. The molecule has 0 aromatic rings. The lowest BCUT2D eigenvalue weighted by molar-refractivity contribution is 0.0276. The molecular weight excluding hydrogens is 302 g/mol. The summed E-state index contributed by atoms with van der Waals surface area (Å²) in [6.07, 6.45) is 19.4. The van der Waals surface area contributed by atoms with Gasteiger partial charge in [-0.3, -0.25) is 0 Å². The van der Waals surface area contributed by atoms with Crippen molar-refractivity contribution in [3.8, 4) is 0 Å². The van der Waals surface area contributed by atoms with Crippen molar-refractivity contribution in [2.24, 2.45) is 29.6 Å². The van der Waals surface area contributed by atoms with Crippen LogP contribution in [0.2, 0.25) is 0 Å². The van der Waals surface area contributed by atoms with Gasteiger partial charge in [0, 0.05) is 0 Å². The zero-order valence-corrected chi connectivity index (χ0v) is 16.1. The van der Waals surface area contributed by atoms with E-state index in [9.17, 15) is 0 Å². The van der Waals surface area contributed by atoms with Crippen molar-refractivity contribution in [3.05, 3.63) is 0 Å². The second-order valence-electron chi connectivity index (χ2n) is 10.9. The topological polar surface area (TPSA) is 0 Å². The molecule has 0 N–H and O–H groups in total. The summed E-state index contributed by atoms with van der Waals surface area (Å²) in [6.45, 7) is 0. The van der Waals surface area contributed by atoms with Gasteiger partial charge in [-0.2, -0.15) is 0 Å². The van der Waals surface area contributed by atoms with E-state index in [0.29, 0.717) is 5.16 Å². The Kier molecular flexibility index (Phi) is 2.77. The predicted octanol–water partition coefficient (Wildman–Crippen LogP) is 5.60. The van der Waals surface area contributed by atoms with Crippen LogP contribution >= 0.6 is 17.8 Å². The summed E-state index contributed by atoms with van der Waals surface area (Å²) in [6, 6.07) is 0. The molecule has 22 heavy (non-hydrogen) atoms. The molecule has 122 valence electrons. The normalized spacial score (nSPS) is 65.0. The van der Waals surface area contributed by atoms with Crippen LogP contribution in [0.3, 0.4) is 0 Å². The van der Waals surface area contributed by atoms with E-state index in [1.54, 1.807) is 77.0 Å². The van der Waals surface area contributed by atoms with Gasteiger partial charge in [0.15, 0.2) is 0 Å². The maximum absolute atomic E-state index is 3.37. The lowest BCUT2D eigenvalue weighted by atomic mass is 9.55. The lowest BCUT2D eigenvalue weighted by Crippen LogP contribution is -2.57. The summed E-state index contributed by atoms with van der Waals surface area (Å²) in [5, 5.41) is 2.35. The van der Waals surface area contributed by atoms with Gasteiger partial charge in [0.25, 0.3) is 0 Å². The molecular formula is C20H32P2. The van der Waals surface area contributed by atoms with Gasteiger partial charge >= 0.3 is 0 Å². The van der Waals surface area contributed by atoms with E-state index in [2.05, 4.69) is 9.24 Å². The summed E-state index contributed by atoms with van der Waals surface area (Å²) in [5.41, 5.74) is 0. The molecule has 6 atom stereocenters. The van der Waals surface area contributed by atoms with Crippen LogP contribution in [0.1, 0.15) is 77.0 Å². The maximum Gasteiger partial charge on any atom is -0.0103 e. The highest BCUT2D eigenvalue weighted by Crippen LogP contribution is 2.73. The first-order valence-electron chi connectivity index (χ1n) is 10.1. The highest BCUT2D eigenvalue weighted by molar-refractivity contribution is 7.42. The third kappa shape index (κ3) is 2.02. The van der Waals surface area contributed by atoms with Gasteiger partial charge in [0.05, 0.1) is 0 Å². The first-order valence-corrected chi connectivity index (χ1v) is 11.7. The Morgan fingerprint density at radius 1 is 0.591 bits per heavy atom. The van der Waals surface area contributed by atoms with Crippen LogP contribution in [-0.4, -0.2) is 15.5 Å². The minimum atomic E-state index is 0.680. The summed E-state index contributed by atoms with van der Waals surface area (Å²) in [7, 11) is 4.72. The summed E-state index contributed by atoms with van der Waals surface area (Å²) in [5.74, 6) is 5.67. The maximum atomic E-state index is 3.37. The van der Waals surface area contributed by atoms with Gasteiger partial charge in [-0.15, -0.1) is 17.8 Å². The summed E-state index contributed by atoms with van der Waals surface area (Å²) >= 11 is 0. The highest BCUT2D eigenvalue weighted by Gasteiger charge is 2.60. The van der Waals surface area contributed by atoms with E-state index in [4.69, 9.17) is 0 Å². The number of hydrogen-bond acceptors (Lipinski definition) is 0. The predicted molar refractivity (Wildman–Crippen MR) is 99.1 cm³/mol. The standard InChI is InChI=1S/C20H32P2/c21-18-5-16-4-17(6-18)11-20(10-16,12-18)22-19-7-13-1-14(8-19)3-15(2-13)9-19/h13-17,22H,1-12,21H2/t13?,14?,15?,16-,17+,18?,19?,20?. The third-order valence-corrected chi connectivity index (χ3v) is 11.6. The molecule has 8 fully saturated rings. The molecule has 8 aliphatic carbocycles. The van der Waals surface area contributed by atoms with Gasteiger partial charge in [-0.05, 0) is 122 Å². The van der Waals surface area contributed by atoms with Crippen molar-refractivity contribution >= 4 is 17.8 Å². The molecule has 0 spiro atoms. The lowest BCUT2D eigenvalue weighted by Gasteiger charge is -2.65. The Hall–Kier alpha value is 0.860. The van der Waals surface area contributed by atoms with Gasteiger partial charge in [-0.1, -0.05) is 0 Å². The van der Waals surface area contributed by atoms with Crippen molar-refractivity contribution in [2.75, 3.05) is 0 Å². The van der Waals surface area contributed by atoms with Crippen LogP contribution in [-0.2, 0) is 0 Å². The van der Waals surface area contributed by atoms with E-state index >= 15 is 0 Å². The fraction of sp³-hybridized carbons (Fsp3) is 1.00. The van der Waals surface area contributed by atoms with E-state index in [-0.39, 0.29) is 0 Å². The molecule has 0 nitrogen and oxygen atoms in total. The van der Waals surface area contributed by atoms with Gasteiger partial charge in [0.1, 0.15) is 0 Å². The largest absolute Gasteiger partial charge is 0.131 e. The molecule has 0 radical (unpaired) electrons. The zero-order valence-electron chi connectivity index (χ0n) is 13.9. The van der Waals surface area contributed by atoms with Gasteiger partial charge < -0.3 is 0 Å². The van der Waals surface area contributed by atoms with Crippen LogP contribution < -0.4 is 0 Å². The minimum Gasteiger partial charge on any atom is -0.131 e. The first-order chi connectivity index (χ1) is 10.5. The summed E-state index contributed by atoms with van der Waals surface area (Å²) < 4.78 is 0. The van der Waals surface area contributed by atoms with Crippen LogP contribution in [0.25, 0.3) is 0 Å². The quantitative estimate of drug-likeness (QED) is 0.577. The molecule has 8 bridgehead atoms. The molecule has 0 saturated heterocycles. The fourth-order valence-electron chi connectivity index (χ4n) is 9.31. The van der Waals surface area contributed by atoms with Crippen LogP contribution in [0.15, 0.2) is 0 Å². The monoisotopic (exact) mass is 334 g/mol. The van der Waals surface area contributed by atoms with Crippen molar-refractivity contribution in [2.45, 2.75) is 92.5 Å². The molecule has 0 aliphatic heterocycles. The van der Waals surface area contributed by atoms with Gasteiger partial charge in [0.2, 0.25) is 0 Å². The van der Waals surface area contributed by atoms with E-state index in [0.717, 1.165) is 39.9 Å². The molecule has 4 unspecified atom stereocenters. The van der Waals surface area contributed by atoms with Crippen molar-refractivity contribution < 1.29 is 0 Å². The Balaban J connectivity index is 1.32. The van der Waals surface area contributed by atoms with Crippen LogP contribution in [0.5, 0.6) is 0 Å². The van der Waals surface area contributed by atoms with Crippen molar-refractivity contribution in [3.63, 3.8) is 0 Å². The van der Waals surface area contributed by atoms with E-state index in [1.165, 1.54) is 8.58 Å². The van der Waals surface area contributed by atoms with Crippen molar-refractivity contribution in [1.82, 2.24) is 0 Å². The Bertz CT molecular complexity index is 461. The third-order valence-electron chi connectivity index (χ3n) is 8.67. The molecule has 0 amide bonds. The average molecular weight is 334 g/mol. The molecule has 8 aliphatic rings. The molecule has 2 heteroatoms. The zero-order chi connectivity index (χ0) is 14.6. The Labute approximate surface area is 140 Å². The van der Waals surface area contributed by atoms with Crippen LogP contribution in [0.4, 0.5) is 0 Å². The fourth-order valence-corrected chi connectivity index (χ4v) is 14.1. The molecule has 0 aromatic heterocycles. The van der Waals surface area contributed by atoms with Gasteiger partial charge in [-0.25, -0.2) is 0 Å². The Morgan fingerprint density at radius 3 is 1.55 bits per heavy atom. The smallest absolute Gasteiger partial charge is 0.0103 e. The molecule has 0 aromatic carbocycles. The first kappa shape index (κ1) is 14.1. The second-order valence-corrected chi connectivity index (χ2v) is 14.5. The van der Waals surface area contributed by atoms with E-state index in [1.807, 2.05) is 0 Å². The minimum absolute atomic E-state index is 0.680. The number of hydrogen-bond donors (Lipinski definition) is 0. The highest BCUT2D eigenvalue weighted by atomic mass is 31.1. The average Bonchev–Trinajstić information content (AvgIpc) is 2.31. The SMILES string of the molecule is PC12C[C@H]3C[C@@H](C1)CC(PC14CC5CC(CC(C5)C1)C4)(C3)C2. The van der Waals surface area contributed by atoms with Crippen LogP contribution in [0, 0.1) is 29.6 Å². The van der Waals surface area contributed by atoms with Crippen molar-refractivity contribution in [1.29, 1.82) is 0 Å². The van der Waals surface area contributed by atoms with E-state index < -0.39 is 0 Å². The molecule has 0 heterocycles. The number of rotatable bonds is 2. The summed E-state index contributed by atoms with van der Waals surface area (Å²) in [4.78, 5) is 0. The second kappa shape index (κ2) is 4.33.